The molecule has 0 radical (unpaired) electrons. The first kappa shape index (κ1) is 26.7. The molecular weight excluding hydrogens is 476 g/mol. The van der Waals surface area contributed by atoms with Crippen LogP contribution in [0.2, 0.25) is 0 Å². The molecule has 0 bridgehead atoms. The van der Waals surface area contributed by atoms with E-state index in [1.165, 1.54) is 0 Å². The van der Waals surface area contributed by atoms with E-state index >= 15 is 0 Å². The summed E-state index contributed by atoms with van der Waals surface area (Å²) in [5.74, 6) is 3.39. The van der Waals surface area contributed by atoms with Crippen molar-refractivity contribution in [2.24, 2.45) is 11.8 Å². The van der Waals surface area contributed by atoms with Gasteiger partial charge in [-0.3, -0.25) is 9.59 Å². The van der Waals surface area contributed by atoms with Gasteiger partial charge in [-0.05, 0) is 95.4 Å². The maximum absolute atomic E-state index is 12.0. The first-order valence-electron chi connectivity index (χ1n) is 12.9. The molecule has 0 aliphatic carbocycles. The minimum Gasteiger partial charge on any atom is -0.457 e. The number of carbonyl (C=O) groups excluding carboxylic acids is 2. The van der Waals surface area contributed by atoms with Crippen LogP contribution in [0.5, 0.6) is 23.0 Å². The van der Waals surface area contributed by atoms with Crippen molar-refractivity contribution in [1.82, 2.24) is 0 Å². The molecule has 4 aromatic carbocycles. The van der Waals surface area contributed by atoms with E-state index in [2.05, 4.69) is 10.6 Å². The highest BCUT2D eigenvalue weighted by Crippen LogP contribution is 2.31. The zero-order valence-corrected chi connectivity index (χ0v) is 22.3. The molecule has 6 nitrogen and oxygen atoms in total. The minimum absolute atomic E-state index is 0.00516. The lowest BCUT2D eigenvalue weighted by Crippen LogP contribution is -2.13. The number of fused-ring (bicyclic) bond motifs is 1. The van der Waals surface area contributed by atoms with Gasteiger partial charge in [0, 0.05) is 24.2 Å². The van der Waals surface area contributed by atoms with Crippen LogP contribution in [-0.4, -0.2) is 11.8 Å². The minimum atomic E-state index is 0.00516. The van der Waals surface area contributed by atoms with Gasteiger partial charge >= 0.3 is 0 Å². The number of hydrogen-bond donors (Lipinski definition) is 2. The molecule has 38 heavy (non-hydrogen) atoms. The second kappa shape index (κ2) is 12.3. The first-order chi connectivity index (χ1) is 18.2. The lowest BCUT2D eigenvalue weighted by molar-refractivity contribution is -0.117. The smallest absolute Gasteiger partial charge is 0.224 e. The predicted molar refractivity (Wildman–Crippen MR) is 153 cm³/mol. The summed E-state index contributed by atoms with van der Waals surface area (Å²) < 4.78 is 12.1. The molecule has 2 amide bonds. The van der Waals surface area contributed by atoms with E-state index in [0.717, 1.165) is 22.1 Å². The maximum atomic E-state index is 12.0. The predicted octanol–water partition coefficient (Wildman–Crippen LogP) is 8.39. The molecule has 0 unspecified atom stereocenters. The quantitative estimate of drug-likeness (QED) is 0.225. The van der Waals surface area contributed by atoms with Crippen LogP contribution >= 0.6 is 0 Å². The van der Waals surface area contributed by atoms with Gasteiger partial charge in [0.2, 0.25) is 11.8 Å². The average molecular weight is 511 g/mol. The summed E-state index contributed by atoms with van der Waals surface area (Å²) in [6.45, 7) is 8.07. The largest absolute Gasteiger partial charge is 0.457 e. The Kier molecular flexibility index (Phi) is 8.64. The number of nitrogens with one attached hydrogen (secondary N) is 2. The normalized spacial score (nSPS) is 11.0. The van der Waals surface area contributed by atoms with Gasteiger partial charge in [-0.25, -0.2) is 0 Å². The molecule has 0 aliphatic heterocycles. The molecule has 4 aromatic rings. The van der Waals surface area contributed by atoms with Crippen molar-refractivity contribution in [3.8, 4) is 23.0 Å². The molecule has 0 heterocycles. The Hall–Kier alpha value is -4.32. The van der Waals surface area contributed by atoms with Crippen LogP contribution in [0.25, 0.3) is 10.8 Å². The van der Waals surface area contributed by atoms with Crippen molar-refractivity contribution >= 4 is 34.0 Å². The zero-order valence-electron chi connectivity index (χ0n) is 22.3. The van der Waals surface area contributed by atoms with Crippen molar-refractivity contribution in [2.75, 3.05) is 10.6 Å². The Labute approximate surface area is 224 Å². The topological polar surface area (TPSA) is 76.7 Å². The van der Waals surface area contributed by atoms with Crippen LogP contribution in [0, 0.1) is 11.8 Å². The highest BCUT2D eigenvalue weighted by molar-refractivity contribution is 5.91. The summed E-state index contributed by atoms with van der Waals surface area (Å²) in [4.78, 5) is 24.0. The lowest BCUT2D eigenvalue weighted by atomic mass is 10.1. The highest BCUT2D eigenvalue weighted by atomic mass is 16.5. The molecule has 0 spiro atoms. The molecule has 196 valence electrons. The molecule has 0 aromatic heterocycles. The van der Waals surface area contributed by atoms with Gasteiger partial charge in [0.15, 0.2) is 0 Å². The number of ether oxygens (including phenoxy) is 2. The van der Waals surface area contributed by atoms with Gasteiger partial charge < -0.3 is 20.1 Å². The Balaban J connectivity index is 1.39. The number of amides is 2. The summed E-state index contributed by atoms with van der Waals surface area (Å²) >= 11 is 0. The fourth-order valence-electron chi connectivity index (χ4n) is 3.98. The van der Waals surface area contributed by atoms with Crippen LogP contribution in [0.4, 0.5) is 11.4 Å². The average Bonchev–Trinajstić information content (AvgIpc) is 2.85. The SMILES string of the molecule is CC(C)CC(=O)Nc1ccc(Oc2ccc3ccc(Oc4ccc(NC(=O)CC(C)C)cc4)cc3c2)cc1. The van der Waals surface area contributed by atoms with Crippen LogP contribution < -0.4 is 20.1 Å². The molecule has 2 N–H and O–H groups in total. The Morgan fingerprint density at radius 1 is 0.553 bits per heavy atom. The molecular formula is C32H34N2O4. The Bertz CT molecular complexity index is 1290. The van der Waals surface area contributed by atoms with Crippen molar-refractivity contribution in [2.45, 2.75) is 40.5 Å². The van der Waals surface area contributed by atoms with Crippen LogP contribution in [0.1, 0.15) is 40.5 Å². The van der Waals surface area contributed by atoms with E-state index in [0.29, 0.717) is 47.7 Å². The van der Waals surface area contributed by atoms with E-state index in [1.54, 1.807) is 0 Å². The van der Waals surface area contributed by atoms with Gasteiger partial charge in [-0.15, -0.1) is 0 Å². The lowest BCUT2D eigenvalue weighted by Gasteiger charge is -2.11. The zero-order chi connectivity index (χ0) is 27.1. The van der Waals surface area contributed by atoms with E-state index < -0.39 is 0 Å². The second-order valence-corrected chi connectivity index (χ2v) is 10.2. The summed E-state index contributed by atoms with van der Waals surface area (Å²) in [6.07, 6.45) is 0.978. The van der Waals surface area contributed by atoms with E-state index in [9.17, 15) is 9.59 Å². The third kappa shape index (κ3) is 7.84. The van der Waals surface area contributed by atoms with Gasteiger partial charge in [0.25, 0.3) is 0 Å². The summed E-state index contributed by atoms with van der Waals surface area (Å²) in [5.41, 5.74) is 1.49. The van der Waals surface area contributed by atoms with Gasteiger partial charge in [0.1, 0.15) is 23.0 Å². The molecule has 0 atom stereocenters. The Morgan fingerprint density at radius 2 is 0.921 bits per heavy atom. The van der Waals surface area contributed by atoms with Crippen molar-refractivity contribution in [3.05, 3.63) is 84.9 Å². The standard InChI is InChI=1S/C32H34N2O4/c1-21(2)17-31(35)33-25-7-13-27(14-8-25)37-29-11-5-23-6-12-30(20-24(23)19-29)38-28-15-9-26(10-16-28)34-32(36)18-22(3)4/h5-16,19-22H,17-18H2,1-4H3,(H,33,35)(H,34,36). The molecule has 4 rings (SSSR count). The van der Waals surface area contributed by atoms with E-state index in [-0.39, 0.29) is 11.8 Å². The van der Waals surface area contributed by atoms with Crippen molar-refractivity contribution in [3.63, 3.8) is 0 Å². The van der Waals surface area contributed by atoms with Crippen molar-refractivity contribution in [1.29, 1.82) is 0 Å². The molecule has 6 heteroatoms. The second-order valence-electron chi connectivity index (χ2n) is 10.2. The van der Waals surface area contributed by atoms with Crippen LogP contribution in [0.15, 0.2) is 84.9 Å². The molecule has 0 fully saturated rings. The summed E-state index contributed by atoms with van der Waals surface area (Å²) in [5, 5.41) is 7.86. The van der Waals surface area contributed by atoms with E-state index in [4.69, 9.17) is 9.47 Å². The fraction of sp³-hybridized carbons (Fsp3) is 0.250. The molecule has 0 aliphatic rings. The first-order valence-corrected chi connectivity index (χ1v) is 12.9. The van der Waals surface area contributed by atoms with Gasteiger partial charge in [-0.1, -0.05) is 39.8 Å². The number of anilines is 2. The number of carbonyl (C=O) groups is 2. The third-order valence-electron chi connectivity index (χ3n) is 5.72. The number of benzene rings is 4. The molecule has 0 saturated heterocycles. The van der Waals surface area contributed by atoms with Crippen molar-refractivity contribution < 1.29 is 19.1 Å². The number of hydrogen-bond acceptors (Lipinski definition) is 4. The van der Waals surface area contributed by atoms with Gasteiger partial charge in [-0.2, -0.15) is 0 Å². The summed E-state index contributed by atoms with van der Waals surface area (Å²) in [7, 11) is 0. The molecule has 0 saturated carbocycles. The van der Waals surface area contributed by atoms with Crippen LogP contribution in [0.3, 0.4) is 0 Å². The van der Waals surface area contributed by atoms with E-state index in [1.807, 2.05) is 113 Å². The summed E-state index contributed by atoms with van der Waals surface area (Å²) in [6, 6.07) is 26.5. The van der Waals surface area contributed by atoms with Crippen LogP contribution in [-0.2, 0) is 9.59 Å². The van der Waals surface area contributed by atoms with Gasteiger partial charge in [0.05, 0.1) is 0 Å². The fourth-order valence-corrected chi connectivity index (χ4v) is 3.98. The third-order valence-corrected chi connectivity index (χ3v) is 5.72. The number of rotatable bonds is 10. The Morgan fingerprint density at radius 3 is 1.29 bits per heavy atom. The highest BCUT2D eigenvalue weighted by Gasteiger charge is 2.08. The monoisotopic (exact) mass is 510 g/mol. The maximum Gasteiger partial charge on any atom is 0.224 e.